The van der Waals surface area contributed by atoms with Crippen molar-refractivity contribution in [2.75, 3.05) is 29.9 Å². The summed E-state index contributed by atoms with van der Waals surface area (Å²) >= 11 is 1.71. The Labute approximate surface area is 117 Å². The molecule has 0 saturated carbocycles. The molecule has 0 aromatic heterocycles. The molecule has 1 fully saturated rings. The van der Waals surface area contributed by atoms with Crippen LogP contribution >= 0.6 is 11.8 Å². The van der Waals surface area contributed by atoms with Gasteiger partial charge in [-0.2, -0.15) is 11.8 Å². The topological polar surface area (TPSA) is 69.6 Å². The molecule has 2 rings (SSSR count). The Morgan fingerprint density at radius 3 is 2.45 bits per heavy atom. The maximum absolute atomic E-state index is 13.6. The van der Waals surface area contributed by atoms with Gasteiger partial charge in [-0.25, -0.2) is 18.4 Å². The van der Waals surface area contributed by atoms with Crippen LogP contribution in [0.3, 0.4) is 0 Å². The summed E-state index contributed by atoms with van der Waals surface area (Å²) in [6.07, 6.45) is 0. The number of thioether (sulfide) groups is 1. The molecule has 2 N–H and O–H groups in total. The number of urea groups is 1. The van der Waals surface area contributed by atoms with E-state index in [-0.39, 0.29) is 5.69 Å². The number of nitrogens with one attached hydrogen (secondary N) is 1. The highest BCUT2D eigenvalue weighted by atomic mass is 32.2. The van der Waals surface area contributed by atoms with E-state index in [1.807, 2.05) is 0 Å². The van der Waals surface area contributed by atoms with Crippen molar-refractivity contribution >= 4 is 29.4 Å². The van der Waals surface area contributed by atoms with Crippen LogP contribution in [0.1, 0.15) is 10.4 Å². The fourth-order valence-electron chi connectivity index (χ4n) is 1.77. The highest BCUT2D eigenvalue weighted by Gasteiger charge is 2.20. The standard InChI is InChI=1S/C12H12F2N2O3S/c13-8-6-9(14)10(5-7(8)11(17)18)15-12(19)16-1-3-20-4-2-16/h5-6H,1-4H2,(H,15,19)(H,17,18). The lowest BCUT2D eigenvalue weighted by molar-refractivity contribution is 0.0691. The zero-order valence-corrected chi connectivity index (χ0v) is 11.2. The van der Waals surface area contributed by atoms with Gasteiger partial charge < -0.3 is 15.3 Å². The number of rotatable bonds is 2. The molecule has 5 nitrogen and oxygen atoms in total. The fourth-order valence-corrected chi connectivity index (χ4v) is 2.67. The number of carbonyl (C=O) groups is 2. The van der Waals surface area contributed by atoms with E-state index in [0.29, 0.717) is 19.2 Å². The number of amides is 2. The van der Waals surface area contributed by atoms with Gasteiger partial charge in [0.1, 0.15) is 11.6 Å². The molecule has 0 bridgehead atoms. The van der Waals surface area contributed by atoms with E-state index in [2.05, 4.69) is 5.32 Å². The Morgan fingerprint density at radius 2 is 1.85 bits per heavy atom. The van der Waals surface area contributed by atoms with Gasteiger partial charge in [0, 0.05) is 30.7 Å². The zero-order valence-electron chi connectivity index (χ0n) is 10.4. The van der Waals surface area contributed by atoms with Crippen LogP contribution in [-0.4, -0.2) is 46.6 Å². The van der Waals surface area contributed by atoms with E-state index in [9.17, 15) is 18.4 Å². The SMILES string of the molecule is O=C(O)c1cc(NC(=O)N2CCSCC2)c(F)cc1F. The first-order chi connectivity index (χ1) is 9.49. The monoisotopic (exact) mass is 302 g/mol. The first-order valence-corrected chi connectivity index (χ1v) is 7.00. The predicted octanol–water partition coefficient (Wildman–Crippen LogP) is 2.24. The molecular formula is C12H12F2N2O3S. The van der Waals surface area contributed by atoms with Gasteiger partial charge in [-0.15, -0.1) is 0 Å². The van der Waals surface area contributed by atoms with Crippen LogP contribution in [-0.2, 0) is 0 Å². The Morgan fingerprint density at radius 1 is 1.20 bits per heavy atom. The van der Waals surface area contributed by atoms with Gasteiger partial charge in [0.05, 0.1) is 11.3 Å². The fraction of sp³-hybridized carbons (Fsp3) is 0.333. The van der Waals surface area contributed by atoms with Crippen molar-refractivity contribution in [3.8, 4) is 0 Å². The van der Waals surface area contributed by atoms with Crippen molar-refractivity contribution < 1.29 is 23.5 Å². The first kappa shape index (κ1) is 14.6. The van der Waals surface area contributed by atoms with Gasteiger partial charge in [0.25, 0.3) is 0 Å². The van der Waals surface area contributed by atoms with E-state index < -0.39 is 29.2 Å². The van der Waals surface area contributed by atoms with Crippen LogP contribution in [0.5, 0.6) is 0 Å². The second-order valence-corrected chi connectivity index (χ2v) is 5.37. The van der Waals surface area contributed by atoms with Crippen molar-refractivity contribution in [3.63, 3.8) is 0 Å². The summed E-state index contributed by atoms with van der Waals surface area (Å²) in [6, 6.07) is 0.710. The highest BCUT2D eigenvalue weighted by Crippen LogP contribution is 2.20. The number of hydrogen-bond acceptors (Lipinski definition) is 3. The Kier molecular flexibility index (Phi) is 4.43. The highest BCUT2D eigenvalue weighted by molar-refractivity contribution is 7.99. The molecule has 0 unspecified atom stereocenters. The van der Waals surface area contributed by atoms with Gasteiger partial charge in [-0.3, -0.25) is 0 Å². The molecule has 20 heavy (non-hydrogen) atoms. The Balaban J connectivity index is 2.18. The summed E-state index contributed by atoms with van der Waals surface area (Å²) < 4.78 is 26.8. The van der Waals surface area contributed by atoms with Gasteiger partial charge in [-0.1, -0.05) is 0 Å². The van der Waals surface area contributed by atoms with Gasteiger partial charge in [0.2, 0.25) is 0 Å². The molecule has 1 aromatic carbocycles. The van der Waals surface area contributed by atoms with E-state index in [1.54, 1.807) is 11.8 Å². The summed E-state index contributed by atoms with van der Waals surface area (Å²) in [5.41, 5.74) is -1.03. The van der Waals surface area contributed by atoms with E-state index >= 15 is 0 Å². The van der Waals surface area contributed by atoms with E-state index in [1.165, 1.54) is 4.90 Å². The second kappa shape index (κ2) is 6.08. The van der Waals surface area contributed by atoms with Crippen LogP contribution in [0.2, 0.25) is 0 Å². The maximum Gasteiger partial charge on any atom is 0.338 e. The number of carboxylic acid groups (broad SMARTS) is 1. The lowest BCUT2D eigenvalue weighted by Gasteiger charge is -2.26. The number of nitrogens with zero attached hydrogens (tertiary/aromatic N) is 1. The number of hydrogen-bond donors (Lipinski definition) is 2. The minimum atomic E-state index is -1.52. The average Bonchev–Trinajstić information content (AvgIpc) is 2.42. The average molecular weight is 302 g/mol. The largest absolute Gasteiger partial charge is 0.478 e. The van der Waals surface area contributed by atoms with Crippen LogP contribution in [0.4, 0.5) is 19.3 Å². The smallest absolute Gasteiger partial charge is 0.338 e. The molecule has 2 amide bonds. The van der Waals surface area contributed by atoms with Gasteiger partial charge in [-0.05, 0) is 6.07 Å². The summed E-state index contributed by atoms with van der Waals surface area (Å²) in [7, 11) is 0. The number of benzene rings is 1. The van der Waals surface area contributed by atoms with Gasteiger partial charge in [0.15, 0.2) is 0 Å². The van der Waals surface area contributed by atoms with Gasteiger partial charge >= 0.3 is 12.0 Å². The van der Waals surface area contributed by atoms with Crippen molar-refractivity contribution in [2.24, 2.45) is 0 Å². The number of aromatic carboxylic acids is 1. The zero-order chi connectivity index (χ0) is 14.7. The molecule has 0 spiro atoms. The van der Waals surface area contributed by atoms with E-state index in [4.69, 9.17) is 5.11 Å². The molecule has 0 radical (unpaired) electrons. The number of halogens is 2. The molecule has 1 aliphatic heterocycles. The Hall–Kier alpha value is -1.83. The minimum Gasteiger partial charge on any atom is -0.478 e. The second-order valence-electron chi connectivity index (χ2n) is 4.15. The summed E-state index contributed by atoms with van der Waals surface area (Å²) in [4.78, 5) is 24.2. The number of carboxylic acids is 1. The summed E-state index contributed by atoms with van der Waals surface area (Å²) in [5, 5.41) is 11.1. The predicted molar refractivity (Wildman–Crippen MR) is 71.2 cm³/mol. The first-order valence-electron chi connectivity index (χ1n) is 5.85. The molecule has 0 aliphatic carbocycles. The molecule has 1 aromatic rings. The molecular weight excluding hydrogens is 290 g/mol. The van der Waals surface area contributed by atoms with Crippen molar-refractivity contribution in [1.29, 1.82) is 0 Å². The lowest BCUT2D eigenvalue weighted by Crippen LogP contribution is -2.40. The molecule has 1 saturated heterocycles. The van der Waals surface area contributed by atoms with Crippen molar-refractivity contribution in [2.45, 2.75) is 0 Å². The third-order valence-electron chi connectivity index (χ3n) is 2.83. The molecule has 8 heteroatoms. The van der Waals surface area contributed by atoms with E-state index in [0.717, 1.165) is 17.6 Å². The number of carbonyl (C=O) groups excluding carboxylic acids is 1. The maximum atomic E-state index is 13.6. The Bertz CT molecular complexity index is 548. The summed E-state index contributed by atoms with van der Waals surface area (Å²) in [6.45, 7) is 1.07. The normalized spacial score (nSPS) is 15.0. The van der Waals surface area contributed by atoms with Crippen molar-refractivity contribution in [3.05, 3.63) is 29.3 Å². The third kappa shape index (κ3) is 3.19. The molecule has 0 atom stereocenters. The number of anilines is 1. The molecule has 108 valence electrons. The quantitative estimate of drug-likeness (QED) is 0.879. The lowest BCUT2D eigenvalue weighted by atomic mass is 10.2. The van der Waals surface area contributed by atoms with Crippen molar-refractivity contribution in [1.82, 2.24) is 4.90 Å². The van der Waals surface area contributed by atoms with Crippen LogP contribution in [0.15, 0.2) is 12.1 Å². The molecule has 1 heterocycles. The van der Waals surface area contributed by atoms with Crippen LogP contribution < -0.4 is 5.32 Å². The van der Waals surface area contributed by atoms with Crippen LogP contribution in [0, 0.1) is 11.6 Å². The minimum absolute atomic E-state index is 0.341. The molecule has 1 aliphatic rings. The van der Waals surface area contributed by atoms with Crippen LogP contribution in [0.25, 0.3) is 0 Å². The summed E-state index contributed by atoms with van der Waals surface area (Å²) in [5.74, 6) is -2.12. The third-order valence-corrected chi connectivity index (χ3v) is 3.77.